The number of benzene rings is 1. The van der Waals surface area contributed by atoms with Gasteiger partial charge < -0.3 is 15.2 Å². The summed E-state index contributed by atoms with van der Waals surface area (Å²) < 4.78 is 21.4. The molecule has 0 saturated carbocycles. The Kier molecular flexibility index (Phi) is 5.60. The number of hydrogen-bond acceptors (Lipinski definition) is 4. The minimum atomic E-state index is -0.346. The molecule has 1 aromatic heterocycles. The summed E-state index contributed by atoms with van der Waals surface area (Å²) in [6.45, 7) is 8.64. The van der Waals surface area contributed by atoms with Gasteiger partial charge in [-0.25, -0.2) is 4.39 Å². The van der Waals surface area contributed by atoms with Crippen LogP contribution in [0.1, 0.15) is 30.8 Å². The maximum Gasteiger partial charge on any atom is 0.149 e. The van der Waals surface area contributed by atoms with Crippen LogP contribution < -0.4 is 10.1 Å². The molecule has 1 heterocycles. The largest absolute Gasteiger partial charge is 0.491 e. The topological polar surface area (TPSA) is 59.3 Å². The molecule has 0 aliphatic rings. The van der Waals surface area contributed by atoms with Crippen molar-refractivity contribution < 1.29 is 14.2 Å². The quantitative estimate of drug-likeness (QED) is 0.823. The normalized spacial score (nSPS) is 11.1. The Morgan fingerprint density at radius 2 is 2.09 bits per heavy atom. The lowest BCUT2D eigenvalue weighted by Gasteiger charge is -2.12. The van der Waals surface area contributed by atoms with Crippen molar-refractivity contribution in [3.63, 3.8) is 0 Å². The van der Waals surface area contributed by atoms with Crippen LogP contribution >= 0.6 is 0 Å². The molecule has 0 amide bonds. The van der Waals surface area contributed by atoms with E-state index in [0.717, 1.165) is 17.0 Å². The fraction of sp³-hybridized carbons (Fsp3) is 0.471. The molecule has 0 fully saturated rings. The first-order chi connectivity index (χ1) is 10.9. The second-order valence-corrected chi connectivity index (χ2v) is 5.76. The van der Waals surface area contributed by atoms with Crippen LogP contribution in [0.2, 0.25) is 0 Å². The third-order valence-corrected chi connectivity index (χ3v) is 3.61. The van der Waals surface area contributed by atoms with E-state index in [1.54, 1.807) is 16.8 Å². The molecule has 23 heavy (non-hydrogen) atoms. The van der Waals surface area contributed by atoms with E-state index < -0.39 is 0 Å². The number of aromatic nitrogens is 2. The first kappa shape index (κ1) is 17.3. The van der Waals surface area contributed by atoms with E-state index in [1.807, 2.05) is 27.7 Å². The number of aliphatic hydroxyl groups is 1. The molecule has 6 heteroatoms. The standard InChI is InChI=1S/C17H24FN3O2/c1-11(2)23-14-5-6-17(16(18)9-14)19-10-15-12(3)20-21(7-8-22)13(15)4/h5-6,9,11,19,22H,7-8,10H2,1-4H3. The summed E-state index contributed by atoms with van der Waals surface area (Å²) in [4.78, 5) is 0. The number of nitrogens with one attached hydrogen (secondary N) is 1. The molecule has 0 radical (unpaired) electrons. The van der Waals surface area contributed by atoms with Crippen molar-refractivity contribution >= 4 is 5.69 Å². The minimum absolute atomic E-state index is 0.0101. The van der Waals surface area contributed by atoms with E-state index >= 15 is 0 Å². The van der Waals surface area contributed by atoms with Crippen molar-refractivity contribution in [2.45, 2.75) is 46.9 Å². The number of aliphatic hydroxyl groups excluding tert-OH is 1. The van der Waals surface area contributed by atoms with Gasteiger partial charge in [0.25, 0.3) is 0 Å². The minimum Gasteiger partial charge on any atom is -0.491 e. The number of nitrogens with zero attached hydrogens (tertiary/aromatic N) is 2. The lowest BCUT2D eigenvalue weighted by molar-refractivity contribution is 0.241. The first-order valence-electron chi connectivity index (χ1n) is 7.76. The Bertz CT molecular complexity index is 668. The van der Waals surface area contributed by atoms with Crippen molar-refractivity contribution in [2.24, 2.45) is 0 Å². The van der Waals surface area contributed by atoms with Gasteiger partial charge in [0, 0.05) is 23.9 Å². The second kappa shape index (κ2) is 7.46. The third-order valence-electron chi connectivity index (χ3n) is 3.61. The average molecular weight is 321 g/mol. The zero-order valence-electron chi connectivity index (χ0n) is 14.1. The Morgan fingerprint density at radius 3 is 2.70 bits per heavy atom. The SMILES string of the molecule is Cc1nn(CCO)c(C)c1CNc1ccc(OC(C)C)cc1F. The Balaban J connectivity index is 2.09. The van der Waals surface area contributed by atoms with Crippen LogP contribution in [0.3, 0.4) is 0 Å². The van der Waals surface area contributed by atoms with Crippen LogP contribution in [0, 0.1) is 19.7 Å². The van der Waals surface area contributed by atoms with Gasteiger partial charge in [-0.1, -0.05) is 0 Å². The van der Waals surface area contributed by atoms with E-state index in [-0.39, 0.29) is 18.5 Å². The van der Waals surface area contributed by atoms with Gasteiger partial charge in [0.2, 0.25) is 0 Å². The second-order valence-electron chi connectivity index (χ2n) is 5.76. The highest BCUT2D eigenvalue weighted by molar-refractivity contribution is 5.49. The molecule has 5 nitrogen and oxygen atoms in total. The molecule has 2 aromatic rings. The van der Waals surface area contributed by atoms with E-state index in [0.29, 0.717) is 24.5 Å². The number of ether oxygens (including phenoxy) is 1. The molecule has 0 saturated heterocycles. The molecule has 0 atom stereocenters. The van der Waals surface area contributed by atoms with E-state index in [2.05, 4.69) is 10.4 Å². The first-order valence-corrected chi connectivity index (χ1v) is 7.76. The van der Waals surface area contributed by atoms with Gasteiger partial charge in [-0.15, -0.1) is 0 Å². The van der Waals surface area contributed by atoms with Crippen molar-refractivity contribution in [1.82, 2.24) is 9.78 Å². The average Bonchev–Trinajstić information content (AvgIpc) is 2.73. The van der Waals surface area contributed by atoms with E-state index in [9.17, 15) is 4.39 Å². The summed E-state index contributed by atoms with van der Waals surface area (Å²) in [7, 11) is 0. The molecule has 2 N–H and O–H groups in total. The lowest BCUT2D eigenvalue weighted by atomic mass is 10.2. The van der Waals surface area contributed by atoms with Crippen LogP contribution in [0.25, 0.3) is 0 Å². The Morgan fingerprint density at radius 1 is 1.35 bits per heavy atom. The van der Waals surface area contributed by atoms with Gasteiger partial charge >= 0.3 is 0 Å². The maximum atomic E-state index is 14.1. The van der Waals surface area contributed by atoms with Crippen molar-refractivity contribution in [3.05, 3.63) is 41.0 Å². The third kappa shape index (κ3) is 4.22. The van der Waals surface area contributed by atoms with Crippen molar-refractivity contribution in [3.8, 4) is 5.75 Å². The van der Waals surface area contributed by atoms with E-state index in [1.165, 1.54) is 6.07 Å². The van der Waals surface area contributed by atoms with Crippen LogP contribution in [-0.4, -0.2) is 27.6 Å². The molecule has 2 rings (SSSR count). The molecule has 126 valence electrons. The number of hydrogen-bond donors (Lipinski definition) is 2. The zero-order chi connectivity index (χ0) is 17.0. The monoisotopic (exact) mass is 321 g/mol. The highest BCUT2D eigenvalue weighted by atomic mass is 19.1. The number of anilines is 1. The smallest absolute Gasteiger partial charge is 0.149 e. The highest BCUT2D eigenvalue weighted by Gasteiger charge is 2.12. The summed E-state index contributed by atoms with van der Waals surface area (Å²) in [6.07, 6.45) is 0.0101. The molecule has 0 spiro atoms. The van der Waals surface area contributed by atoms with Gasteiger partial charge in [-0.05, 0) is 39.8 Å². The van der Waals surface area contributed by atoms with Crippen LogP contribution in [0.4, 0.5) is 10.1 Å². The number of halogens is 1. The van der Waals surface area contributed by atoms with Gasteiger partial charge in [0.05, 0.1) is 30.6 Å². The summed E-state index contributed by atoms with van der Waals surface area (Å²) in [5, 5.41) is 16.5. The number of aryl methyl sites for hydroxylation is 1. The summed E-state index contributed by atoms with van der Waals surface area (Å²) in [5.74, 6) is 0.174. The fourth-order valence-electron chi connectivity index (χ4n) is 2.47. The van der Waals surface area contributed by atoms with Gasteiger partial charge in [-0.3, -0.25) is 4.68 Å². The van der Waals surface area contributed by atoms with Crippen molar-refractivity contribution in [1.29, 1.82) is 0 Å². The molecule has 0 aliphatic carbocycles. The summed E-state index contributed by atoms with van der Waals surface area (Å²) in [6, 6.07) is 4.81. The van der Waals surface area contributed by atoms with Crippen LogP contribution in [0.5, 0.6) is 5.75 Å². The summed E-state index contributed by atoms with van der Waals surface area (Å²) in [5.41, 5.74) is 3.29. The Labute approximate surface area is 136 Å². The Hall–Kier alpha value is -2.08. The fourth-order valence-corrected chi connectivity index (χ4v) is 2.47. The lowest BCUT2D eigenvalue weighted by Crippen LogP contribution is -2.08. The van der Waals surface area contributed by atoms with Crippen LogP contribution in [0.15, 0.2) is 18.2 Å². The number of rotatable bonds is 7. The highest BCUT2D eigenvalue weighted by Crippen LogP contribution is 2.23. The molecule has 1 aromatic carbocycles. The van der Waals surface area contributed by atoms with E-state index in [4.69, 9.17) is 9.84 Å². The maximum absolute atomic E-state index is 14.1. The summed E-state index contributed by atoms with van der Waals surface area (Å²) >= 11 is 0. The molecule has 0 aliphatic heterocycles. The predicted molar refractivity (Wildman–Crippen MR) is 88.3 cm³/mol. The van der Waals surface area contributed by atoms with Gasteiger partial charge in [0.1, 0.15) is 11.6 Å². The van der Waals surface area contributed by atoms with Gasteiger partial charge in [-0.2, -0.15) is 5.10 Å². The molecule has 0 bridgehead atoms. The predicted octanol–water partition coefficient (Wildman–Crippen LogP) is 3.03. The van der Waals surface area contributed by atoms with Gasteiger partial charge in [0.15, 0.2) is 0 Å². The van der Waals surface area contributed by atoms with Crippen LogP contribution in [-0.2, 0) is 13.1 Å². The molecular weight excluding hydrogens is 297 g/mol. The molecular formula is C17H24FN3O2. The molecule has 0 unspecified atom stereocenters. The zero-order valence-corrected chi connectivity index (χ0v) is 14.1. The van der Waals surface area contributed by atoms with Crippen molar-refractivity contribution in [2.75, 3.05) is 11.9 Å².